The molecule has 0 bridgehead atoms. The Morgan fingerprint density at radius 2 is 1.00 bits per heavy atom. The van der Waals surface area contributed by atoms with Gasteiger partial charge in [-0.2, -0.15) is 35.1 Å². The SMILES string of the molecule is C=CC(=O)OC(C)CC(F)(F)C(F)(F)C(F)(F)C(F)(F)CC(C)OC(=O)C=C. The van der Waals surface area contributed by atoms with Crippen molar-refractivity contribution in [2.75, 3.05) is 0 Å². The first-order chi connectivity index (χ1) is 12.4. The monoisotopic (exact) mass is 426 g/mol. The van der Waals surface area contributed by atoms with Crippen molar-refractivity contribution in [2.24, 2.45) is 0 Å². The number of alkyl halides is 8. The number of rotatable bonds is 11. The van der Waals surface area contributed by atoms with Crippen molar-refractivity contribution in [3.05, 3.63) is 25.3 Å². The van der Waals surface area contributed by atoms with Crippen molar-refractivity contribution in [3.8, 4) is 0 Å². The standard InChI is InChI=1S/C16H18F8O4/c1-5-11(25)27-9(3)7-13(17,18)15(21,22)16(23,24)14(19,20)8-10(4)28-12(26)6-2/h5-6,9-10H,1-2,7-8H2,3-4H3. The molecule has 0 amide bonds. The number of ether oxygens (including phenoxy) is 2. The van der Waals surface area contributed by atoms with E-state index in [1.807, 2.05) is 0 Å². The maximum absolute atomic E-state index is 13.8. The predicted molar refractivity (Wildman–Crippen MR) is 80.5 cm³/mol. The smallest absolute Gasteiger partial charge is 0.378 e. The van der Waals surface area contributed by atoms with E-state index in [1.165, 1.54) is 0 Å². The fourth-order valence-electron chi connectivity index (χ4n) is 2.01. The number of carbonyl (C=O) groups is 2. The summed E-state index contributed by atoms with van der Waals surface area (Å²) in [6.45, 7) is 7.18. The van der Waals surface area contributed by atoms with Crippen LogP contribution in [0.25, 0.3) is 0 Å². The molecule has 0 saturated carbocycles. The molecule has 0 aliphatic carbocycles. The first-order valence-electron chi connectivity index (χ1n) is 7.62. The van der Waals surface area contributed by atoms with Gasteiger partial charge in [0.15, 0.2) is 0 Å². The van der Waals surface area contributed by atoms with Gasteiger partial charge in [0.1, 0.15) is 12.2 Å². The zero-order chi connectivity index (χ0) is 22.6. The van der Waals surface area contributed by atoms with Crippen LogP contribution in [0.15, 0.2) is 25.3 Å². The van der Waals surface area contributed by atoms with Crippen LogP contribution in [0.1, 0.15) is 26.7 Å². The number of carbonyl (C=O) groups excluding carboxylic acids is 2. The summed E-state index contributed by atoms with van der Waals surface area (Å²) in [7, 11) is 0. The molecule has 4 nitrogen and oxygen atoms in total. The molecule has 0 N–H and O–H groups in total. The third kappa shape index (κ3) is 5.68. The maximum atomic E-state index is 13.8. The second-order valence-corrected chi connectivity index (χ2v) is 5.87. The quantitative estimate of drug-likeness (QED) is 0.277. The average Bonchev–Trinajstić information content (AvgIpc) is 2.52. The summed E-state index contributed by atoms with van der Waals surface area (Å²) in [5.74, 6) is -27.0. The highest BCUT2D eigenvalue weighted by Gasteiger charge is 2.80. The Morgan fingerprint density at radius 3 is 1.21 bits per heavy atom. The second-order valence-electron chi connectivity index (χ2n) is 5.87. The van der Waals surface area contributed by atoms with Gasteiger partial charge < -0.3 is 9.47 Å². The fourth-order valence-corrected chi connectivity index (χ4v) is 2.01. The van der Waals surface area contributed by atoms with Crippen molar-refractivity contribution >= 4 is 11.9 Å². The Hall–Kier alpha value is -2.14. The fraction of sp³-hybridized carbons (Fsp3) is 0.625. The van der Waals surface area contributed by atoms with Crippen LogP contribution in [-0.2, 0) is 19.1 Å². The van der Waals surface area contributed by atoms with Gasteiger partial charge in [0.25, 0.3) is 0 Å². The summed E-state index contributed by atoms with van der Waals surface area (Å²) >= 11 is 0. The van der Waals surface area contributed by atoms with Crippen LogP contribution in [0, 0.1) is 0 Å². The average molecular weight is 426 g/mol. The maximum Gasteiger partial charge on any atom is 0.378 e. The highest BCUT2D eigenvalue weighted by atomic mass is 19.4. The van der Waals surface area contributed by atoms with E-state index in [4.69, 9.17) is 0 Å². The molecule has 0 aliphatic heterocycles. The summed E-state index contributed by atoms with van der Waals surface area (Å²) < 4.78 is 118. The molecule has 0 radical (unpaired) electrons. The molecule has 12 heteroatoms. The van der Waals surface area contributed by atoms with Crippen molar-refractivity contribution in [2.45, 2.75) is 62.6 Å². The molecular formula is C16H18F8O4. The van der Waals surface area contributed by atoms with E-state index in [-0.39, 0.29) is 0 Å². The lowest BCUT2D eigenvalue weighted by molar-refractivity contribution is -0.371. The van der Waals surface area contributed by atoms with Crippen molar-refractivity contribution in [1.82, 2.24) is 0 Å². The predicted octanol–water partition coefficient (Wildman–Crippen LogP) is 4.54. The van der Waals surface area contributed by atoms with Gasteiger partial charge in [-0.3, -0.25) is 0 Å². The summed E-state index contributed by atoms with van der Waals surface area (Å²) in [5.41, 5.74) is 0. The largest absolute Gasteiger partial charge is 0.459 e. The Morgan fingerprint density at radius 1 is 0.750 bits per heavy atom. The molecule has 0 aromatic carbocycles. The van der Waals surface area contributed by atoms with Crippen LogP contribution in [0.3, 0.4) is 0 Å². The van der Waals surface area contributed by atoms with Gasteiger partial charge in [-0.1, -0.05) is 13.2 Å². The second kappa shape index (κ2) is 8.91. The van der Waals surface area contributed by atoms with Gasteiger partial charge in [0, 0.05) is 12.2 Å². The van der Waals surface area contributed by atoms with Gasteiger partial charge in [-0.25, -0.2) is 9.59 Å². The zero-order valence-corrected chi connectivity index (χ0v) is 14.8. The van der Waals surface area contributed by atoms with Crippen LogP contribution in [0.2, 0.25) is 0 Å². The van der Waals surface area contributed by atoms with Gasteiger partial charge in [-0.05, 0) is 13.8 Å². The van der Waals surface area contributed by atoms with Gasteiger partial charge in [-0.15, -0.1) is 0 Å². The molecule has 0 heterocycles. The highest BCUT2D eigenvalue weighted by molar-refractivity contribution is 5.81. The Balaban J connectivity index is 5.55. The molecule has 2 atom stereocenters. The van der Waals surface area contributed by atoms with E-state index in [0.717, 1.165) is 0 Å². The lowest BCUT2D eigenvalue weighted by atomic mass is 9.92. The summed E-state index contributed by atoms with van der Waals surface area (Å²) in [6, 6.07) is 0. The molecule has 0 fully saturated rings. The topological polar surface area (TPSA) is 52.6 Å². The van der Waals surface area contributed by atoms with E-state index in [1.54, 1.807) is 0 Å². The van der Waals surface area contributed by atoms with Crippen LogP contribution < -0.4 is 0 Å². The minimum Gasteiger partial charge on any atom is -0.459 e. The first-order valence-corrected chi connectivity index (χ1v) is 7.62. The van der Waals surface area contributed by atoms with E-state index < -0.39 is 60.7 Å². The molecule has 28 heavy (non-hydrogen) atoms. The van der Waals surface area contributed by atoms with Crippen molar-refractivity contribution < 1.29 is 54.2 Å². The third-order valence-electron chi connectivity index (χ3n) is 3.37. The first kappa shape index (κ1) is 25.9. The molecule has 2 unspecified atom stereocenters. The molecule has 162 valence electrons. The minimum atomic E-state index is -6.53. The Bertz CT molecular complexity index is 551. The normalized spacial score (nSPS) is 15.4. The highest BCUT2D eigenvalue weighted by Crippen LogP contribution is 2.55. The molecule has 0 aromatic rings. The molecule has 0 saturated heterocycles. The minimum absolute atomic E-state index is 0.501. The number of halogens is 8. The molecule has 0 aromatic heterocycles. The van der Waals surface area contributed by atoms with E-state index in [9.17, 15) is 44.7 Å². The van der Waals surface area contributed by atoms with E-state index in [0.29, 0.717) is 26.0 Å². The van der Waals surface area contributed by atoms with Gasteiger partial charge in [0.2, 0.25) is 0 Å². The molecule has 0 aliphatic rings. The molecule has 0 spiro atoms. The third-order valence-corrected chi connectivity index (χ3v) is 3.37. The molecule has 0 rings (SSSR count). The van der Waals surface area contributed by atoms with Crippen molar-refractivity contribution in [3.63, 3.8) is 0 Å². The number of hydrogen-bond donors (Lipinski definition) is 0. The summed E-state index contributed by atoms with van der Waals surface area (Å²) in [4.78, 5) is 21.7. The Labute approximate surface area is 155 Å². The van der Waals surface area contributed by atoms with E-state index >= 15 is 0 Å². The van der Waals surface area contributed by atoms with Gasteiger partial charge >= 0.3 is 35.6 Å². The van der Waals surface area contributed by atoms with Crippen molar-refractivity contribution in [1.29, 1.82) is 0 Å². The molecular weight excluding hydrogens is 408 g/mol. The number of esters is 2. The van der Waals surface area contributed by atoms with Crippen LogP contribution in [0.5, 0.6) is 0 Å². The lowest BCUT2D eigenvalue weighted by Gasteiger charge is -2.38. The zero-order valence-electron chi connectivity index (χ0n) is 14.8. The number of hydrogen-bond acceptors (Lipinski definition) is 4. The Kier molecular flexibility index (Phi) is 8.23. The summed E-state index contributed by atoms with van der Waals surface area (Å²) in [6.07, 6.45) is -7.34. The lowest BCUT2D eigenvalue weighted by Crippen LogP contribution is -2.63. The van der Waals surface area contributed by atoms with Gasteiger partial charge in [0.05, 0.1) is 12.8 Å². The summed E-state index contributed by atoms with van der Waals surface area (Å²) in [5, 5.41) is 0. The van der Waals surface area contributed by atoms with Crippen LogP contribution in [-0.4, -0.2) is 47.8 Å². The van der Waals surface area contributed by atoms with E-state index in [2.05, 4.69) is 22.6 Å². The van der Waals surface area contributed by atoms with Crippen LogP contribution >= 0.6 is 0 Å². The van der Waals surface area contributed by atoms with Crippen LogP contribution in [0.4, 0.5) is 35.1 Å².